The maximum Gasteiger partial charge on any atom is 0.322 e. The predicted molar refractivity (Wildman–Crippen MR) is 98.9 cm³/mol. The van der Waals surface area contributed by atoms with E-state index in [1.807, 2.05) is 14.0 Å². The van der Waals surface area contributed by atoms with Gasteiger partial charge < -0.3 is 15.5 Å². The van der Waals surface area contributed by atoms with Crippen LogP contribution >= 0.6 is 24.0 Å². The third-order valence-electron chi connectivity index (χ3n) is 5.14. The van der Waals surface area contributed by atoms with Crippen LogP contribution in [0.4, 0.5) is 4.79 Å². The van der Waals surface area contributed by atoms with Crippen LogP contribution in [0.15, 0.2) is 4.99 Å². The van der Waals surface area contributed by atoms with Gasteiger partial charge in [-0.2, -0.15) is 0 Å². The summed E-state index contributed by atoms with van der Waals surface area (Å²) in [6.45, 7) is 4.54. The normalized spacial score (nSPS) is 29.0. The first kappa shape index (κ1) is 18.3. The van der Waals surface area contributed by atoms with Crippen molar-refractivity contribution in [1.82, 2.24) is 20.9 Å². The lowest BCUT2D eigenvalue weighted by molar-refractivity contribution is -0.125. The molecule has 3 rings (SSSR count). The Kier molecular flexibility index (Phi) is 5.74. The van der Waals surface area contributed by atoms with Gasteiger partial charge in [0.05, 0.1) is 0 Å². The summed E-state index contributed by atoms with van der Waals surface area (Å²) in [5.74, 6) is 1.73. The van der Waals surface area contributed by atoms with Crippen LogP contribution in [0.2, 0.25) is 0 Å². The van der Waals surface area contributed by atoms with Crippen LogP contribution in [-0.4, -0.2) is 55.0 Å². The van der Waals surface area contributed by atoms with Gasteiger partial charge in [0.2, 0.25) is 0 Å². The van der Waals surface area contributed by atoms with Crippen molar-refractivity contribution in [3.05, 3.63) is 0 Å². The van der Waals surface area contributed by atoms with Gasteiger partial charge >= 0.3 is 6.03 Å². The Labute approximate surface area is 154 Å². The maximum atomic E-state index is 12.0. The van der Waals surface area contributed by atoms with Gasteiger partial charge in [0, 0.05) is 26.7 Å². The molecule has 0 aromatic heterocycles. The van der Waals surface area contributed by atoms with Gasteiger partial charge in [0.1, 0.15) is 5.54 Å². The molecule has 1 saturated carbocycles. The zero-order chi connectivity index (χ0) is 15.7. The number of rotatable bonds is 3. The molecule has 0 aromatic rings. The van der Waals surface area contributed by atoms with Crippen molar-refractivity contribution in [3.63, 3.8) is 0 Å². The molecule has 2 heterocycles. The molecule has 8 heteroatoms. The summed E-state index contributed by atoms with van der Waals surface area (Å²) in [6.07, 6.45) is 4.38. The minimum atomic E-state index is -0.770. The minimum Gasteiger partial charge on any atom is -0.356 e. The largest absolute Gasteiger partial charge is 0.356 e. The molecule has 3 N–H and O–H groups in total. The summed E-state index contributed by atoms with van der Waals surface area (Å²) in [5, 5.41) is 8.58. The van der Waals surface area contributed by atoms with Crippen molar-refractivity contribution in [3.8, 4) is 0 Å². The third kappa shape index (κ3) is 3.89. The summed E-state index contributed by atoms with van der Waals surface area (Å²) < 4.78 is 0. The summed E-state index contributed by atoms with van der Waals surface area (Å²) in [4.78, 5) is 30.0. The van der Waals surface area contributed by atoms with Crippen molar-refractivity contribution in [1.29, 1.82) is 0 Å². The predicted octanol–water partition coefficient (Wildman–Crippen LogP) is 0.900. The number of halogens is 1. The lowest BCUT2D eigenvalue weighted by Crippen LogP contribution is -2.55. The van der Waals surface area contributed by atoms with Crippen LogP contribution in [0.5, 0.6) is 0 Å². The summed E-state index contributed by atoms with van der Waals surface area (Å²) in [6, 6.07) is -0.378. The number of hydrogen-bond acceptors (Lipinski definition) is 3. The second-order valence-corrected chi connectivity index (χ2v) is 6.74. The Morgan fingerprint density at radius 2 is 1.96 bits per heavy atom. The van der Waals surface area contributed by atoms with Crippen molar-refractivity contribution in [2.24, 2.45) is 16.8 Å². The van der Waals surface area contributed by atoms with Crippen LogP contribution in [0, 0.1) is 11.8 Å². The van der Waals surface area contributed by atoms with Crippen molar-refractivity contribution >= 4 is 41.9 Å². The molecular weight excluding hydrogens is 409 g/mol. The molecule has 0 spiro atoms. The van der Waals surface area contributed by atoms with Crippen molar-refractivity contribution in [2.75, 3.05) is 26.7 Å². The molecule has 2 saturated heterocycles. The first-order valence-corrected chi connectivity index (χ1v) is 8.12. The molecule has 7 nitrogen and oxygen atoms in total. The van der Waals surface area contributed by atoms with E-state index in [-0.39, 0.29) is 41.8 Å². The van der Waals surface area contributed by atoms with E-state index >= 15 is 0 Å². The summed E-state index contributed by atoms with van der Waals surface area (Å²) in [5.41, 5.74) is -0.770. The first-order chi connectivity index (χ1) is 10.5. The van der Waals surface area contributed by atoms with Crippen LogP contribution < -0.4 is 16.0 Å². The van der Waals surface area contributed by atoms with E-state index in [4.69, 9.17) is 0 Å². The van der Waals surface area contributed by atoms with Gasteiger partial charge in [-0.15, -0.1) is 24.0 Å². The van der Waals surface area contributed by atoms with Gasteiger partial charge in [-0.05, 0) is 44.4 Å². The molecule has 0 bridgehead atoms. The number of nitrogens with zero attached hydrogens (tertiary/aromatic N) is 2. The summed E-state index contributed by atoms with van der Waals surface area (Å²) >= 11 is 0. The van der Waals surface area contributed by atoms with Gasteiger partial charge in [-0.25, -0.2) is 4.79 Å². The Hall–Kier alpha value is -1.06. The first-order valence-electron chi connectivity index (χ1n) is 8.12. The van der Waals surface area contributed by atoms with Gasteiger partial charge in [-0.1, -0.05) is 0 Å². The lowest BCUT2D eigenvalue weighted by atomic mass is 9.79. The number of carbonyl (C=O) groups excluding carboxylic acids is 2. The van der Waals surface area contributed by atoms with E-state index in [2.05, 4.69) is 25.8 Å². The molecule has 1 atom stereocenters. The number of hydrogen-bond donors (Lipinski definition) is 3. The van der Waals surface area contributed by atoms with Gasteiger partial charge in [-0.3, -0.25) is 15.1 Å². The smallest absolute Gasteiger partial charge is 0.322 e. The number of nitrogens with one attached hydrogen (secondary N) is 3. The van der Waals surface area contributed by atoms with Crippen LogP contribution in [0.25, 0.3) is 0 Å². The number of urea groups is 1. The highest BCUT2D eigenvalue weighted by molar-refractivity contribution is 14.0. The van der Waals surface area contributed by atoms with Gasteiger partial charge in [0.25, 0.3) is 5.91 Å². The van der Waals surface area contributed by atoms with Crippen LogP contribution in [0.3, 0.4) is 0 Å². The third-order valence-corrected chi connectivity index (χ3v) is 5.14. The molecule has 0 radical (unpaired) electrons. The van der Waals surface area contributed by atoms with Crippen molar-refractivity contribution < 1.29 is 9.59 Å². The second-order valence-electron chi connectivity index (χ2n) is 6.74. The number of likely N-dealkylation sites (tertiary alicyclic amines) is 1. The summed E-state index contributed by atoms with van der Waals surface area (Å²) in [7, 11) is 1.81. The molecule has 1 aliphatic carbocycles. The Morgan fingerprint density at radius 3 is 2.43 bits per heavy atom. The molecule has 1 unspecified atom stereocenters. The molecule has 3 aliphatic rings. The Bertz CT molecular complexity index is 500. The number of piperidine rings is 1. The monoisotopic (exact) mass is 435 g/mol. The Balaban J connectivity index is 0.00000192. The zero-order valence-corrected chi connectivity index (χ0v) is 16.1. The SMILES string of the molecule is CN=C(NCC1CC1)N1CCC(C2(C)NC(=O)NC2=O)CC1.I. The number of aliphatic imine (C=N–C) groups is 1. The van der Waals surface area contributed by atoms with Crippen molar-refractivity contribution in [2.45, 2.75) is 38.1 Å². The number of amides is 3. The second kappa shape index (κ2) is 7.23. The van der Waals surface area contributed by atoms with E-state index in [0.29, 0.717) is 0 Å². The maximum absolute atomic E-state index is 12.0. The molecule has 3 fully saturated rings. The molecule has 23 heavy (non-hydrogen) atoms. The molecule has 0 aromatic carbocycles. The fourth-order valence-electron chi connectivity index (χ4n) is 3.40. The highest BCUT2D eigenvalue weighted by Crippen LogP contribution is 2.31. The molecule has 3 amide bonds. The fraction of sp³-hybridized carbons (Fsp3) is 0.800. The average molecular weight is 435 g/mol. The minimum absolute atomic E-state index is 0. The van der Waals surface area contributed by atoms with E-state index in [9.17, 15) is 9.59 Å². The molecular formula is C15H26IN5O2. The Morgan fingerprint density at radius 1 is 1.30 bits per heavy atom. The van der Waals surface area contributed by atoms with E-state index < -0.39 is 5.54 Å². The van der Waals surface area contributed by atoms with Crippen LogP contribution in [-0.2, 0) is 4.79 Å². The average Bonchev–Trinajstić information content (AvgIpc) is 3.28. The standard InChI is InChI=1S/C15H25N5O2.HI/c1-15(12(21)18-14(22)19-15)11-5-7-20(8-6-11)13(16-2)17-9-10-3-4-10;/h10-11H,3-9H2,1-2H3,(H,16,17)(H2,18,19,21,22);1H. The highest BCUT2D eigenvalue weighted by Gasteiger charge is 2.48. The number of carbonyl (C=O) groups is 2. The van der Waals surface area contributed by atoms with Gasteiger partial charge in [0.15, 0.2) is 5.96 Å². The molecule has 130 valence electrons. The zero-order valence-electron chi connectivity index (χ0n) is 13.7. The quantitative estimate of drug-likeness (QED) is 0.266. The highest BCUT2D eigenvalue weighted by atomic mass is 127. The molecule has 2 aliphatic heterocycles. The van der Waals surface area contributed by atoms with E-state index in [1.54, 1.807) is 0 Å². The number of guanidine groups is 1. The van der Waals surface area contributed by atoms with Crippen LogP contribution in [0.1, 0.15) is 32.6 Å². The topological polar surface area (TPSA) is 85.8 Å². The fourth-order valence-corrected chi connectivity index (χ4v) is 3.40. The number of imide groups is 1. The lowest BCUT2D eigenvalue weighted by Gasteiger charge is -2.39. The van der Waals surface area contributed by atoms with E-state index in [1.165, 1.54) is 12.8 Å². The van der Waals surface area contributed by atoms with E-state index in [0.717, 1.165) is 44.4 Å².